The number of carbonyl (C=O) groups excluding carboxylic acids is 1. The maximum atomic E-state index is 12.5. The molecule has 0 fully saturated rings. The molecule has 2 aromatic rings. The topological polar surface area (TPSA) is 80.2 Å². The van der Waals surface area contributed by atoms with Crippen LogP contribution in [0, 0.1) is 20.8 Å². The molecule has 0 aliphatic heterocycles. The highest BCUT2D eigenvalue weighted by Crippen LogP contribution is 2.21. The van der Waals surface area contributed by atoms with E-state index in [1.807, 2.05) is 6.92 Å². The van der Waals surface area contributed by atoms with Crippen LogP contribution in [-0.2, 0) is 17.1 Å². The highest BCUT2D eigenvalue weighted by atomic mass is 79.9. The zero-order valence-corrected chi connectivity index (χ0v) is 15.7. The van der Waals surface area contributed by atoms with E-state index in [1.165, 1.54) is 0 Å². The summed E-state index contributed by atoms with van der Waals surface area (Å²) >= 11 is 3.26. The Labute approximate surface area is 144 Å². The van der Waals surface area contributed by atoms with Crippen LogP contribution in [0.25, 0.3) is 0 Å². The Balaban J connectivity index is 2.23. The number of nitrogens with zero attached hydrogens (tertiary/aromatic N) is 1. The van der Waals surface area contributed by atoms with Gasteiger partial charge in [0, 0.05) is 17.7 Å². The third kappa shape index (κ3) is 3.82. The Morgan fingerprint density at radius 1 is 1.13 bits per heavy atom. The van der Waals surface area contributed by atoms with Gasteiger partial charge in [-0.1, -0.05) is 17.7 Å². The monoisotopic (exact) mass is 399 g/mol. The Morgan fingerprint density at radius 2 is 1.70 bits per heavy atom. The molecule has 0 saturated carbocycles. The minimum atomic E-state index is -3.85. The third-order valence-electron chi connectivity index (χ3n) is 3.38. The molecule has 0 unspecified atom stereocenters. The lowest BCUT2D eigenvalue weighted by molar-refractivity contribution is 0.0937. The van der Waals surface area contributed by atoms with Gasteiger partial charge in [-0.3, -0.25) is 10.2 Å². The van der Waals surface area contributed by atoms with Crippen LogP contribution >= 0.6 is 15.9 Å². The fourth-order valence-corrected chi connectivity index (χ4v) is 4.39. The van der Waals surface area contributed by atoms with Crippen molar-refractivity contribution in [2.75, 3.05) is 0 Å². The number of aromatic nitrogens is 1. The van der Waals surface area contributed by atoms with Gasteiger partial charge in [0.15, 0.2) is 0 Å². The largest absolute Gasteiger partial charge is 0.345 e. The van der Waals surface area contributed by atoms with Crippen LogP contribution in [0.1, 0.15) is 27.2 Å². The first-order valence-electron chi connectivity index (χ1n) is 6.83. The lowest BCUT2D eigenvalue weighted by Gasteiger charge is -2.13. The van der Waals surface area contributed by atoms with Crippen molar-refractivity contribution in [3.05, 3.63) is 51.3 Å². The summed E-state index contributed by atoms with van der Waals surface area (Å²) in [6.07, 6.45) is 1.71. The van der Waals surface area contributed by atoms with Crippen molar-refractivity contribution < 1.29 is 13.2 Å². The normalized spacial score (nSPS) is 11.5. The van der Waals surface area contributed by atoms with Crippen LogP contribution < -0.4 is 10.3 Å². The lowest BCUT2D eigenvalue weighted by Crippen LogP contribution is -2.42. The molecule has 1 aromatic heterocycles. The second-order valence-corrected chi connectivity index (χ2v) is 7.98. The standard InChI is InChI=1S/C15H18BrN3O3S/c1-9-5-10(2)14(11(3)6-9)23(21,22)18-17-15(20)13-7-12(16)8-19(13)4/h5-8,18H,1-4H3,(H,17,20). The van der Waals surface area contributed by atoms with E-state index in [4.69, 9.17) is 0 Å². The molecule has 124 valence electrons. The van der Waals surface area contributed by atoms with Crippen LogP contribution in [0.4, 0.5) is 0 Å². The fourth-order valence-electron chi connectivity index (χ4n) is 2.57. The Morgan fingerprint density at radius 3 is 2.17 bits per heavy atom. The molecule has 1 heterocycles. The molecule has 0 aliphatic rings. The van der Waals surface area contributed by atoms with Gasteiger partial charge in [-0.2, -0.15) is 0 Å². The molecule has 1 amide bonds. The molecule has 2 rings (SSSR count). The van der Waals surface area contributed by atoms with E-state index in [1.54, 1.807) is 49.9 Å². The Kier molecular flexibility index (Phi) is 4.98. The van der Waals surface area contributed by atoms with Gasteiger partial charge in [0.1, 0.15) is 5.69 Å². The number of nitrogens with one attached hydrogen (secondary N) is 2. The number of carbonyl (C=O) groups is 1. The van der Waals surface area contributed by atoms with E-state index in [2.05, 4.69) is 26.2 Å². The number of hydrogen-bond donors (Lipinski definition) is 2. The average Bonchev–Trinajstić information content (AvgIpc) is 2.73. The molecule has 2 N–H and O–H groups in total. The zero-order chi connectivity index (χ0) is 17.4. The highest BCUT2D eigenvalue weighted by Gasteiger charge is 2.21. The van der Waals surface area contributed by atoms with Crippen molar-refractivity contribution in [3.8, 4) is 0 Å². The van der Waals surface area contributed by atoms with Crippen LogP contribution in [0.2, 0.25) is 0 Å². The number of rotatable bonds is 4. The smallest absolute Gasteiger partial charge is 0.282 e. The van der Waals surface area contributed by atoms with Crippen molar-refractivity contribution in [3.63, 3.8) is 0 Å². The quantitative estimate of drug-likeness (QED) is 0.774. The summed E-state index contributed by atoms with van der Waals surface area (Å²) in [6, 6.07) is 5.18. The molecule has 0 atom stereocenters. The minimum absolute atomic E-state index is 0.177. The molecular weight excluding hydrogens is 382 g/mol. The summed E-state index contributed by atoms with van der Waals surface area (Å²) in [5.41, 5.74) is 4.82. The van der Waals surface area contributed by atoms with Gasteiger partial charge in [-0.25, -0.2) is 8.42 Å². The van der Waals surface area contributed by atoms with E-state index in [0.29, 0.717) is 16.8 Å². The number of hydrazine groups is 1. The summed E-state index contributed by atoms with van der Waals surface area (Å²) in [5.74, 6) is -0.538. The van der Waals surface area contributed by atoms with Crippen molar-refractivity contribution >= 4 is 31.9 Å². The summed E-state index contributed by atoms with van der Waals surface area (Å²) < 4.78 is 27.3. The SMILES string of the molecule is Cc1cc(C)c(S(=O)(=O)NNC(=O)c2cc(Br)cn2C)c(C)c1. The third-order valence-corrected chi connectivity index (χ3v) is 5.36. The molecule has 8 heteroatoms. The first kappa shape index (κ1) is 17.7. The minimum Gasteiger partial charge on any atom is -0.345 e. The van der Waals surface area contributed by atoms with Crippen LogP contribution in [0.5, 0.6) is 0 Å². The molecule has 0 bridgehead atoms. The number of halogens is 1. The highest BCUT2D eigenvalue weighted by molar-refractivity contribution is 9.10. The van der Waals surface area contributed by atoms with Gasteiger partial charge < -0.3 is 4.57 Å². The van der Waals surface area contributed by atoms with Gasteiger partial charge in [0.25, 0.3) is 15.9 Å². The van der Waals surface area contributed by atoms with Gasteiger partial charge >= 0.3 is 0 Å². The van der Waals surface area contributed by atoms with Crippen LogP contribution in [-0.4, -0.2) is 18.9 Å². The zero-order valence-electron chi connectivity index (χ0n) is 13.3. The maximum Gasteiger partial charge on any atom is 0.282 e. The molecule has 6 nitrogen and oxygen atoms in total. The first-order valence-corrected chi connectivity index (χ1v) is 9.11. The number of amides is 1. The van der Waals surface area contributed by atoms with Crippen molar-refractivity contribution in [2.24, 2.45) is 7.05 Å². The molecule has 1 aromatic carbocycles. The molecular formula is C15H18BrN3O3S. The first-order chi connectivity index (χ1) is 10.6. The van der Waals surface area contributed by atoms with Gasteiger partial charge in [-0.15, -0.1) is 4.83 Å². The molecule has 0 saturated heterocycles. The summed E-state index contributed by atoms with van der Waals surface area (Å²) in [7, 11) is -2.15. The molecule has 23 heavy (non-hydrogen) atoms. The average molecular weight is 400 g/mol. The number of benzene rings is 1. The number of aryl methyl sites for hydroxylation is 4. The van der Waals surface area contributed by atoms with Crippen molar-refractivity contribution in [1.82, 2.24) is 14.8 Å². The van der Waals surface area contributed by atoms with Crippen LogP contribution in [0.15, 0.2) is 33.8 Å². The maximum absolute atomic E-state index is 12.5. The van der Waals surface area contributed by atoms with E-state index >= 15 is 0 Å². The molecule has 0 radical (unpaired) electrons. The second-order valence-electron chi connectivity index (χ2n) is 5.44. The number of sulfonamides is 1. The van der Waals surface area contributed by atoms with Crippen molar-refractivity contribution in [2.45, 2.75) is 25.7 Å². The molecule has 0 aliphatic carbocycles. The number of hydrogen-bond acceptors (Lipinski definition) is 3. The Hall–Kier alpha value is -1.64. The summed E-state index contributed by atoms with van der Waals surface area (Å²) in [6.45, 7) is 5.36. The Bertz CT molecular complexity index is 849. The van der Waals surface area contributed by atoms with E-state index in [-0.39, 0.29) is 4.90 Å². The van der Waals surface area contributed by atoms with Gasteiger partial charge in [0.2, 0.25) is 0 Å². The van der Waals surface area contributed by atoms with E-state index < -0.39 is 15.9 Å². The predicted molar refractivity (Wildman–Crippen MR) is 91.6 cm³/mol. The van der Waals surface area contributed by atoms with E-state index in [9.17, 15) is 13.2 Å². The fraction of sp³-hybridized carbons (Fsp3) is 0.267. The van der Waals surface area contributed by atoms with Gasteiger partial charge in [0.05, 0.1) is 4.90 Å². The lowest BCUT2D eigenvalue weighted by atomic mass is 10.1. The predicted octanol–water partition coefficient (Wildman–Crippen LogP) is 2.34. The van der Waals surface area contributed by atoms with Gasteiger partial charge in [-0.05, 0) is 53.9 Å². The van der Waals surface area contributed by atoms with Crippen LogP contribution in [0.3, 0.4) is 0 Å². The van der Waals surface area contributed by atoms with E-state index in [0.717, 1.165) is 10.0 Å². The summed E-state index contributed by atoms with van der Waals surface area (Å²) in [4.78, 5) is 14.4. The van der Waals surface area contributed by atoms with Crippen molar-refractivity contribution in [1.29, 1.82) is 0 Å². The summed E-state index contributed by atoms with van der Waals surface area (Å²) in [5, 5.41) is 0. The molecule has 0 spiro atoms. The second kappa shape index (κ2) is 6.46.